The highest BCUT2D eigenvalue weighted by Gasteiger charge is 2.33. The maximum Gasteiger partial charge on any atom is 0.268 e. The fourth-order valence-electron chi connectivity index (χ4n) is 4.19. The van der Waals surface area contributed by atoms with Gasteiger partial charge in [-0.3, -0.25) is 14.4 Å². The Morgan fingerprint density at radius 2 is 2.03 bits per heavy atom. The van der Waals surface area contributed by atoms with Gasteiger partial charge < -0.3 is 20.9 Å². The number of hydrogen-bond donors (Lipinski definition) is 4. The van der Waals surface area contributed by atoms with E-state index in [1.165, 1.54) is 12.1 Å². The number of halogens is 2. The van der Waals surface area contributed by atoms with Gasteiger partial charge in [-0.2, -0.15) is 5.26 Å². The highest BCUT2D eigenvalue weighted by atomic mass is 79.9. The molecule has 4 N–H and O–H groups in total. The molecule has 1 aromatic carbocycles. The molecule has 3 amide bonds. The van der Waals surface area contributed by atoms with Gasteiger partial charge in [0.05, 0.1) is 11.6 Å². The van der Waals surface area contributed by atoms with Crippen LogP contribution in [-0.2, 0) is 9.59 Å². The van der Waals surface area contributed by atoms with Gasteiger partial charge in [0.2, 0.25) is 11.8 Å². The van der Waals surface area contributed by atoms with Crippen LogP contribution in [0.15, 0.2) is 22.7 Å². The number of rotatable bonds is 8. The third-order valence-corrected chi connectivity index (χ3v) is 6.87. The van der Waals surface area contributed by atoms with Crippen molar-refractivity contribution in [3.63, 3.8) is 0 Å². The van der Waals surface area contributed by atoms with Crippen LogP contribution in [0.2, 0.25) is 0 Å². The summed E-state index contributed by atoms with van der Waals surface area (Å²) in [4.78, 5) is 40.8. The normalized spacial score (nSPS) is 19.9. The van der Waals surface area contributed by atoms with E-state index in [4.69, 9.17) is 0 Å². The summed E-state index contributed by atoms with van der Waals surface area (Å²) >= 11 is 3.34. The number of carbonyl (C=O) groups is 3. The summed E-state index contributed by atoms with van der Waals surface area (Å²) in [5.41, 5.74) is 0.596. The molecule has 2 fully saturated rings. The van der Waals surface area contributed by atoms with Crippen LogP contribution in [0.25, 0.3) is 10.9 Å². The zero-order chi connectivity index (χ0) is 23.5. The van der Waals surface area contributed by atoms with Gasteiger partial charge >= 0.3 is 0 Å². The Balaban J connectivity index is 1.45. The second-order valence-electron chi connectivity index (χ2n) is 8.76. The Hall–Kier alpha value is -2.93. The van der Waals surface area contributed by atoms with Crippen LogP contribution in [0, 0.1) is 29.0 Å². The van der Waals surface area contributed by atoms with Crippen LogP contribution in [0.3, 0.4) is 0 Å². The zero-order valence-corrected chi connectivity index (χ0v) is 19.5. The van der Waals surface area contributed by atoms with E-state index >= 15 is 0 Å². The molecule has 0 bridgehead atoms. The number of nitrogens with zero attached hydrogens (tertiary/aromatic N) is 1. The van der Waals surface area contributed by atoms with Gasteiger partial charge in [0.15, 0.2) is 0 Å². The van der Waals surface area contributed by atoms with Crippen molar-refractivity contribution in [1.29, 1.82) is 5.26 Å². The largest absolute Gasteiger partial charge is 0.356 e. The first-order valence-electron chi connectivity index (χ1n) is 11.1. The zero-order valence-electron chi connectivity index (χ0n) is 17.9. The standard InChI is InChI=1S/C23H25BrFN5O3/c24-16-5-6-17(25)15-10-19(29-20(15)16)23(33)30-18(8-12-3-4-12)22(32)28-14(11-26)9-13-2-1-7-27-21(13)31/h5-6,10,12-14,18,29H,1-4,7-9H2,(H,27,31)(H,28,32)(H,30,33). The molecule has 174 valence electrons. The van der Waals surface area contributed by atoms with Crippen molar-refractivity contribution in [2.24, 2.45) is 11.8 Å². The SMILES string of the molecule is N#CC(CC1CCCNC1=O)NC(=O)C(CC1CC1)NC(=O)c1cc2c(F)ccc(Br)c2[nH]1. The molecule has 3 unspecified atom stereocenters. The summed E-state index contributed by atoms with van der Waals surface area (Å²) < 4.78 is 14.7. The first-order valence-corrected chi connectivity index (χ1v) is 11.9. The van der Waals surface area contributed by atoms with Crippen LogP contribution in [-0.4, -0.2) is 41.3 Å². The lowest BCUT2D eigenvalue weighted by Crippen LogP contribution is -2.50. The van der Waals surface area contributed by atoms with Gasteiger partial charge in [0.25, 0.3) is 5.91 Å². The number of aromatic nitrogens is 1. The van der Waals surface area contributed by atoms with Crippen LogP contribution < -0.4 is 16.0 Å². The molecule has 1 saturated heterocycles. The van der Waals surface area contributed by atoms with Crippen LogP contribution in [0.5, 0.6) is 0 Å². The van der Waals surface area contributed by atoms with E-state index in [1.54, 1.807) is 6.07 Å². The maximum absolute atomic E-state index is 14.1. The highest BCUT2D eigenvalue weighted by Crippen LogP contribution is 2.34. The summed E-state index contributed by atoms with van der Waals surface area (Å²) in [6.45, 7) is 0.628. The van der Waals surface area contributed by atoms with Crippen molar-refractivity contribution in [1.82, 2.24) is 20.9 Å². The third kappa shape index (κ3) is 5.53. The van der Waals surface area contributed by atoms with E-state index in [0.29, 0.717) is 35.3 Å². The molecule has 2 heterocycles. The van der Waals surface area contributed by atoms with E-state index in [1.807, 2.05) is 0 Å². The number of carbonyl (C=O) groups excluding carboxylic acids is 3. The third-order valence-electron chi connectivity index (χ3n) is 6.21. The monoisotopic (exact) mass is 517 g/mol. The number of aromatic amines is 1. The van der Waals surface area contributed by atoms with Gasteiger partial charge in [0.1, 0.15) is 23.6 Å². The van der Waals surface area contributed by atoms with E-state index in [0.717, 1.165) is 19.3 Å². The Bertz CT molecular complexity index is 1080. The van der Waals surface area contributed by atoms with E-state index < -0.39 is 29.7 Å². The topological polar surface area (TPSA) is 127 Å². The number of hydrogen-bond acceptors (Lipinski definition) is 4. The molecule has 33 heavy (non-hydrogen) atoms. The van der Waals surface area contributed by atoms with Crippen molar-refractivity contribution in [3.05, 3.63) is 34.2 Å². The van der Waals surface area contributed by atoms with Crippen molar-refractivity contribution in [2.45, 2.75) is 50.6 Å². The Morgan fingerprint density at radius 3 is 2.70 bits per heavy atom. The minimum absolute atomic E-state index is 0.101. The van der Waals surface area contributed by atoms with Crippen LogP contribution in [0.1, 0.15) is 49.0 Å². The minimum atomic E-state index is -0.833. The number of benzene rings is 1. The molecular weight excluding hydrogens is 493 g/mol. The van der Waals surface area contributed by atoms with E-state index in [9.17, 15) is 24.0 Å². The van der Waals surface area contributed by atoms with E-state index in [2.05, 4.69) is 42.9 Å². The van der Waals surface area contributed by atoms with Crippen molar-refractivity contribution < 1.29 is 18.8 Å². The molecule has 4 rings (SSSR count). The molecule has 3 atom stereocenters. The van der Waals surface area contributed by atoms with Crippen molar-refractivity contribution in [2.75, 3.05) is 6.54 Å². The minimum Gasteiger partial charge on any atom is -0.356 e. The van der Waals surface area contributed by atoms with Gasteiger partial charge in [-0.15, -0.1) is 0 Å². The Labute approximate surface area is 198 Å². The second-order valence-corrected chi connectivity index (χ2v) is 9.62. The molecular formula is C23H25BrFN5O3. The summed E-state index contributed by atoms with van der Waals surface area (Å²) in [5, 5.41) is 18.0. The molecule has 8 nitrogen and oxygen atoms in total. The lowest BCUT2D eigenvalue weighted by molar-refractivity contribution is -0.128. The maximum atomic E-state index is 14.1. The molecule has 2 aromatic rings. The predicted octanol–water partition coefficient (Wildman–Crippen LogP) is 2.89. The molecule has 2 aliphatic rings. The van der Waals surface area contributed by atoms with Crippen LogP contribution >= 0.6 is 15.9 Å². The fraction of sp³-hybridized carbons (Fsp3) is 0.478. The second kappa shape index (κ2) is 9.91. The first kappa shape index (κ1) is 23.2. The number of piperidine rings is 1. The number of H-pyrrole nitrogens is 1. The average Bonchev–Trinajstić information content (AvgIpc) is 3.49. The molecule has 1 aromatic heterocycles. The van der Waals surface area contributed by atoms with Gasteiger partial charge in [0, 0.05) is 22.3 Å². The van der Waals surface area contributed by atoms with E-state index in [-0.39, 0.29) is 29.3 Å². The lowest BCUT2D eigenvalue weighted by atomic mass is 9.92. The summed E-state index contributed by atoms with van der Waals surface area (Å²) in [7, 11) is 0. The number of nitriles is 1. The molecule has 1 aliphatic carbocycles. The van der Waals surface area contributed by atoms with Crippen LogP contribution in [0.4, 0.5) is 4.39 Å². The van der Waals surface area contributed by atoms with Gasteiger partial charge in [-0.05, 0) is 65.7 Å². The molecule has 1 aliphatic heterocycles. The van der Waals surface area contributed by atoms with Crippen molar-refractivity contribution >= 4 is 44.6 Å². The quantitative estimate of drug-likeness (QED) is 0.429. The fourth-order valence-corrected chi connectivity index (χ4v) is 4.63. The molecule has 0 radical (unpaired) electrons. The number of fused-ring (bicyclic) bond motifs is 1. The van der Waals surface area contributed by atoms with Crippen molar-refractivity contribution in [3.8, 4) is 6.07 Å². The average molecular weight is 518 g/mol. The molecule has 1 saturated carbocycles. The first-order chi connectivity index (χ1) is 15.9. The number of nitrogens with one attached hydrogen (secondary N) is 4. The Kier molecular flexibility index (Phi) is 6.98. The summed E-state index contributed by atoms with van der Waals surface area (Å²) in [6.07, 6.45) is 4.16. The molecule has 10 heteroatoms. The predicted molar refractivity (Wildman–Crippen MR) is 122 cm³/mol. The highest BCUT2D eigenvalue weighted by molar-refractivity contribution is 9.10. The summed E-state index contributed by atoms with van der Waals surface area (Å²) in [5.74, 6) is -1.53. The van der Waals surface area contributed by atoms with Gasteiger partial charge in [-0.1, -0.05) is 12.8 Å². The molecule has 0 spiro atoms. The Morgan fingerprint density at radius 1 is 1.24 bits per heavy atom. The lowest BCUT2D eigenvalue weighted by Gasteiger charge is -2.25. The summed E-state index contributed by atoms with van der Waals surface area (Å²) in [6, 6.07) is 4.67. The van der Waals surface area contributed by atoms with Gasteiger partial charge in [-0.25, -0.2) is 4.39 Å². The number of amides is 3. The smallest absolute Gasteiger partial charge is 0.268 e.